The van der Waals surface area contributed by atoms with Crippen LogP contribution in [-0.4, -0.2) is 72.4 Å². The number of carbonyl (C=O) groups is 3. The Morgan fingerprint density at radius 2 is 1.85 bits per heavy atom. The van der Waals surface area contributed by atoms with Crippen LogP contribution >= 0.6 is 0 Å². The molecule has 1 saturated carbocycles. The van der Waals surface area contributed by atoms with E-state index in [0.717, 1.165) is 34.4 Å². The fourth-order valence-corrected chi connectivity index (χ4v) is 7.05. The molecule has 2 heterocycles. The highest BCUT2D eigenvalue weighted by atomic mass is 32.2. The third kappa shape index (κ3) is 4.63. The van der Waals surface area contributed by atoms with Gasteiger partial charge in [-0.25, -0.2) is 22.4 Å². The van der Waals surface area contributed by atoms with Crippen molar-refractivity contribution in [2.24, 2.45) is 5.92 Å². The van der Waals surface area contributed by atoms with Crippen LogP contribution in [0, 0.1) is 5.92 Å². The molecule has 2 atom stereocenters. The molecule has 3 amide bonds. The number of nitrogens with zero attached hydrogens (tertiary/aromatic N) is 3. The van der Waals surface area contributed by atoms with E-state index >= 15 is 0 Å². The number of hydrogen-bond acceptors (Lipinski definition) is 6. The van der Waals surface area contributed by atoms with E-state index in [9.17, 15) is 22.8 Å². The lowest BCUT2D eigenvalue weighted by atomic mass is 9.89. The standard InChI is InChI=1S/C29H33N3O6S/c1-19(21-8-9-21)31(15-20-6-4-3-5-7-20)26(33)18-32-27(34)29(38-28(32)35)13-12-23-14-22(10-11-25(23)29)24-16-30(17-24)39(2,36)37/h3-7,10-11,14,19,21,24H,8-9,12-13,15-18H2,1-2H3/t19?,29-/m1/s1. The summed E-state index contributed by atoms with van der Waals surface area (Å²) in [5.41, 5.74) is 2.19. The minimum atomic E-state index is -3.20. The predicted molar refractivity (Wildman–Crippen MR) is 143 cm³/mol. The van der Waals surface area contributed by atoms with Gasteiger partial charge in [0.25, 0.3) is 5.91 Å². The zero-order valence-electron chi connectivity index (χ0n) is 22.2. The van der Waals surface area contributed by atoms with Gasteiger partial charge < -0.3 is 9.64 Å². The molecule has 0 bridgehead atoms. The fraction of sp³-hybridized carbons (Fsp3) is 0.483. The van der Waals surface area contributed by atoms with Gasteiger partial charge in [-0.3, -0.25) is 9.59 Å². The van der Waals surface area contributed by atoms with E-state index in [0.29, 0.717) is 44.0 Å². The van der Waals surface area contributed by atoms with Crippen LogP contribution in [0.25, 0.3) is 0 Å². The normalized spacial score (nSPS) is 24.0. The van der Waals surface area contributed by atoms with Gasteiger partial charge in [0.1, 0.15) is 6.54 Å². The highest BCUT2D eigenvalue weighted by Crippen LogP contribution is 2.46. The number of hydrogen-bond donors (Lipinski definition) is 0. The third-order valence-electron chi connectivity index (χ3n) is 8.78. The summed E-state index contributed by atoms with van der Waals surface area (Å²) >= 11 is 0. The van der Waals surface area contributed by atoms with Gasteiger partial charge >= 0.3 is 6.09 Å². The van der Waals surface area contributed by atoms with Crippen LogP contribution in [0.5, 0.6) is 0 Å². The average Bonchev–Trinajstić information content (AvgIpc) is 3.62. The van der Waals surface area contributed by atoms with Crippen LogP contribution in [-0.2, 0) is 42.9 Å². The van der Waals surface area contributed by atoms with Crippen molar-refractivity contribution in [3.8, 4) is 0 Å². The fourth-order valence-electron chi connectivity index (χ4n) is 6.15. The lowest BCUT2D eigenvalue weighted by Crippen LogP contribution is -2.48. The molecule has 2 saturated heterocycles. The van der Waals surface area contributed by atoms with Gasteiger partial charge in [-0.15, -0.1) is 0 Å². The first-order valence-corrected chi connectivity index (χ1v) is 15.4. The Hall–Kier alpha value is -3.24. The third-order valence-corrected chi connectivity index (χ3v) is 10.0. The van der Waals surface area contributed by atoms with Crippen molar-refractivity contribution in [1.82, 2.24) is 14.1 Å². The second kappa shape index (κ2) is 9.45. The number of amides is 3. The second-order valence-corrected chi connectivity index (χ2v) is 13.3. The zero-order chi connectivity index (χ0) is 27.5. The molecule has 39 heavy (non-hydrogen) atoms. The van der Waals surface area contributed by atoms with E-state index in [-0.39, 0.29) is 24.4 Å². The average molecular weight is 552 g/mol. The molecule has 9 nitrogen and oxygen atoms in total. The minimum Gasteiger partial charge on any atom is -0.427 e. The quantitative estimate of drug-likeness (QED) is 0.500. The molecule has 1 unspecified atom stereocenters. The number of imide groups is 1. The number of rotatable bonds is 8. The largest absolute Gasteiger partial charge is 0.427 e. The summed E-state index contributed by atoms with van der Waals surface area (Å²) in [5, 5.41) is 0. The molecule has 206 valence electrons. The molecule has 1 spiro atoms. The first kappa shape index (κ1) is 26.0. The number of aryl methyl sites for hydroxylation is 1. The van der Waals surface area contributed by atoms with E-state index in [2.05, 4.69) is 0 Å². The summed E-state index contributed by atoms with van der Waals surface area (Å²) in [6, 6.07) is 15.5. The SMILES string of the molecule is CC(C1CC1)N(Cc1ccccc1)C(=O)CN1C(=O)O[C@@]2(CCc3cc(C4CN(S(C)(=O)=O)C4)ccc32)C1=O. The van der Waals surface area contributed by atoms with E-state index in [1.165, 1.54) is 10.6 Å². The van der Waals surface area contributed by atoms with E-state index < -0.39 is 27.6 Å². The van der Waals surface area contributed by atoms with Crippen LogP contribution in [0.2, 0.25) is 0 Å². The maximum atomic E-state index is 13.7. The Bertz CT molecular complexity index is 1430. The Balaban J connectivity index is 1.19. The lowest BCUT2D eigenvalue weighted by Gasteiger charge is -2.37. The summed E-state index contributed by atoms with van der Waals surface area (Å²) < 4.78 is 30.7. The molecule has 2 aliphatic heterocycles. The smallest absolute Gasteiger partial charge is 0.418 e. The van der Waals surface area contributed by atoms with Crippen LogP contribution in [0.1, 0.15) is 54.4 Å². The molecule has 2 aliphatic carbocycles. The van der Waals surface area contributed by atoms with E-state index in [4.69, 9.17) is 4.74 Å². The lowest BCUT2D eigenvalue weighted by molar-refractivity contribution is -0.143. The van der Waals surface area contributed by atoms with Crippen molar-refractivity contribution in [2.45, 2.75) is 56.7 Å². The maximum absolute atomic E-state index is 13.7. The predicted octanol–water partition coefficient (Wildman–Crippen LogP) is 2.99. The van der Waals surface area contributed by atoms with Crippen molar-refractivity contribution in [3.63, 3.8) is 0 Å². The van der Waals surface area contributed by atoms with E-state index in [1.54, 1.807) is 4.90 Å². The molecule has 0 radical (unpaired) electrons. The zero-order valence-corrected chi connectivity index (χ0v) is 23.0. The number of benzene rings is 2. The van der Waals surface area contributed by atoms with Gasteiger partial charge in [-0.2, -0.15) is 0 Å². The van der Waals surface area contributed by atoms with Crippen molar-refractivity contribution >= 4 is 27.9 Å². The Morgan fingerprint density at radius 1 is 1.13 bits per heavy atom. The highest BCUT2D eigenvalue weighted by Gasteiger charge is 2.58. The molecule has 6 rings (SSSR count). The molecule has 3 fully saturated rings. The summed E-state index contributed by atoms with van der Waals surface area (Å²) in [6.07, 6.45) is 3.45. The van der Waals surface area contributed by atoms with Gasteiger partial charge in [0, 0.05) is 43.6 Å². The molecule has 2 aromatic rings. The summed E-state index contributed by atoms with van der Waals surface area (Å²) in [5.74, 6) is -0.226. The maximum Gasteiger partial charge on any atom is 0.418 e. The van der Waals surface area contributed by atoms with Crippen molar-refractivity contribution in [3.05, 3.63) is 70.8 Å². The van der Waals surface area contributed by atoms with Gasteiger partial charge in [0.15, 0.2) is 0 Å². The van der Waals surface area contributed by atoms with Gasteiger partial charge in [0.05, 0.1) is 6.26 Å². The summed E-state index contributed by atoms with van der Waals surface area (Å²) in [7, 11) is -3.20. The molecular formula is C29H33N3O6S. The van der Waals surface area contributed by atoms with Crippen LogP contribution in [0.15, 0.2) is 48.5 Å². The van der Waals surface area contributed by atoms with Crippen molar-refractivity contribution < 1.29 is 27.5 Å². The molecular weight excluding hydrogens is 518 g/mol. The molecule has 0 N–H and O–H groups in total. The Kier molecular flexibility index (Phi) is 6.30. The monoisotopic (exact) mass is 551 g/mol. The molecule has 0 aromatic heterocycles. The minimum absolute atomic E-state index is 0.0103. The first-order chi connectivity index (χ1) is 18.6. The first-order valence-electron chi connectivity index (χ1n) is 13.5. The van der Waals surface area contributed by atoms with Gasteiger partial charge in [-0.05, 0) is 48.8 Å². The second-order valence-electron chi connectivity index (χ2n) is 11.4. The van der Waals surface area contributed by atoms with Crippen molar-refractivity contribution in [2.75, 3.05) is 25.9 Å². The Labute approximate surface area is 228 Å². The number of fused-ring (bicyclic) bond motifs is 2. The van der Waals surface area contributed by atoms with Gasteiger partial charge in [-0.1, -0.05) is 48.5 Å². The topological polar surface area (TPSA) is 104 Å². The summed E-state index contributed by atoms with van der Waals surface area (Å²) in [6.45, 7) is 2.98. The number of ether oxygens (including phenoxy) is 1. The summed E-state index contributed by atoms with van der Waals surface area (Å²) in [4.78, 5) is 43.0. The van der Waals surface area contributed by atoms with Crippen molar-refractivity contribution in [1.29, 1.82) is 0 Å². The molecule has 2 aromatic carbocycles. The van der Waals surface area contributed by atoms with E-state index in [1.807, 2.05) is 55.5 Å². The molecule has 10 heteroatoms. The Morgan fingerprint density at radius 3 is 2.51 bits per heavy atom. The number of sulfonamides is 1. The van der Waals surface area contributed by atoms with Crippen LogP contribution in [0.3, 0.4) is 0 Å². The molecule has 4 aliphatic rings. The van der Waals surface area contributed by atoms with Crippen LogP contribution < -0.4 is 0 Å². The van der Waals surface area contributed by atoms with Gasteiger partial charge in [0.2, 0.25) is 21.5 Å². The van der Waals surface area contributed by atoms with Crippen LogP contribution in [0.4, 0.5) is 4.79 Å². The highest BCUT2D eigenvalue weighted by molar-refractivity contribution is 7.88. The number of carbonyl (C=O) groups excluding carboxylic acids is 3.